The van der Waals surface area contributed by atoms with Crippen molar-refractivity contribution in [1.82, 2.24) is 0 Å². The Morgan fingerprint density at radius 1 is 1.17 bits per heavy atom. The minimum atomic E-state index is -1.55. The van der Waals surface area contributed by atoms with E-state index in [1.54, 1.807) is 6.07 Å². The lowest BCUT2D eigenvalue weighted by Gasteiger charge is -2.37. The van der Waals surface area contributed by atoms with Gasteiger partial charge in [0, 0.05) is 15.6 Å². The first-order valence-electron chi connectivity index (χ1n) is 7.38. The zero-order chi connectivity index (χ0) is 16.9. The molecule has 2 heterocycles. The van der Waals surface area contributed by atoms with E-state index in [1.807, 2.05) is 12.1 Å². The molecule has 1 saturated heterocycles. The van der Waals surface area contributed by atoms with Crippen LogP contribution in [-0.4, -0.2) is 12.5 Å². The molecule has 0 aliphatic carbocycles. The zero-order valence-corrected chi connectivity index (χ0v) is 14.5. The van der Waals surface area contributed by atoms with Crippen molar-refractivity contribution < 1.29 is 23.0 Å². The molecule has 24 heavy (non-hydrogen) atoms. The molecule has 1 fully saturated rings. The van der Waals surface area contributed by atoms with Crippen LogP contribution in [0.3, 0.4) is 0 Å². The Morgan fingerprint density at radius 2 is 2.00 bits per heavy atom. The molecule has 1 spiro atoms. The summed E-state index contributed by atoms with van der Waals surface area (Å²) in [6, 6.07) is 9.10. The maximum Gasteiger partial charge on any atom is 0.289 e. The number of ether oxygens (including phenoxy) is 2. The number of hydrogen-bond acceptors (Lipinski definition) is 3. The van der Waals surface area contributed by atoms with Crippen LogP contribution in [0.5, 0.6) is 0 Å². The second kappa shape index (κ2) is 5.75. The fourth-order valence-electron chi connectivity index (χ4n) is 3.04. The standard InChI is InChI=1S/C17H12F2INO3/c18-12-3-1-9(7-13(12)19)15-5-6-23-17(24-15)11-8-10(20)2-4-14(11)21-16(17)22/h1-4,7-8,15H,5-6H2,(H,21,22)/t15?,17-/m1/s1. The number of hydrogen-bond donors (Lipinski definition) is 1. The SMILES string of the molecule is O=C1Nc2ccc(I)cc2[C@]12OCCC(c1ccc(F)c(F)c1)O2. The molecule has 2 aromatic rings. The number of fused-ring (bicyclic) bond motifs is 2. The summed E-state index contributed by atoms with van der Waals surface area (Å²) in [6.07, 6.45) is -0.122. The van der Waals surface area contributed by atoms with Gasteiger partial charge in [0.15, 0.2) is 11.6 Å². The smallest absolute Gasteiger partial charge is 0.289 e. The Kier molecular flexibility index (Phi) is 3.81. The lowest BCUT2D eigenvalue weighted by molar-refractivity contribution is -0.282. The van der Waals surface area contributed by atoms with Gasteiger partial charge in [0.25, 0.3) is 11.7 Å². The van der Waals surface area contributed by atoms with E-state index in [0.717, 1.165) is 15.7 Å². The van der Waals surface area contributed by atoms with Crippen molar-refractivity contribution in [3.63, 3.8) is 0 Å². The van der Waals surface area contributed by atoms with Gasteiger partial charge in [0.2, 0.25) is 0 Å². The van der Waals surface area contributed by atoms with Crippen LogP contribution in [0.4, 0.5) is 14.5 Å². The zero-order valence-electron chi connectivity index (χ0n) is 12.3. The van der Waals surface area contributed by atoms with E-state index in [-0.39, 0.29) is 6.61 Å². The third kappa shape index (κ3) is 2.42. The van der Waals surface area contributed by atoms with Gasteiger partial charge in [-0.05, 0) is 58.5 Å². The molecule has 2 aliphatic heterocycles. The number of benzene rings is 2. The first-order chi connectivity index (χ1) is 11.5. The van der Waals surface area contributed by atoms with Crippen LogP contribution in [0.25, 0.3) is 0 Å². The van der Waals surface area contributed by atoms with Crippen molar-refractivity contribution in [2.24, 2.45) is 0 Å². The molecule has 1 unspecified atom stereocenters. The molecule has 7 heteroatoms. The summed E-state index contributed by atoms with van der Waals surface area (Å²) in [4.78, 5) is 12.5. The maximum atomic E-state index is 13.5. The van der Waals surface area contributed by atoms with Gasteiger partial charge in [-0.1, -0.05) is 6.07 Å². The first-order valence-corrected chi connectivity index (χ1v) is 8.46. The Balaban J connectivity index is 1.74. The summed E-state index contributed by atoms with van der Waals surface area (Å²) >= 11 is 2.14. The van der Waals surface area contributed by atoms with Crippen LogP contribution >= 0.6 is 22.6 Å². The highest BCUT2D eigenvalue weighted by Crippen LogP contribution is 2.46. The monoisotopic (exact) mass is 443 g/mol. The third-order valence-corrected chi connectivity index (χ3v) is 4.86. The summed E-state index contributed by atoms with van der Waals surface area (Å²) < 4.78 is 39.3. The van der Waals surface area contributed by atoms with Gasteiger partial charge < -0.3 is 14.8 Å². The highest BCUT2D eigenvalue weighted by molar-refractivity contribution is 14.1. The Labute approximate surface area is 150 Å². The number of halogens is 3. The van der Waals surface area contributed by atoms with Crippen LogP contribution in [0.15, 0.2) is 36.4 Å². The summed E-state index contributed by atoms with van der Waals surface area (Å²) in [5.41, 5.74) is 1.71. The second-order valence-corrected chi connectivity index (χ2v) is 6.92. The van der Waals surface area contributed by atoms with Gasteiger partial charge in [-0.2, -0.15) is 0 Å². The van der Waals surface area contributed by atoms with E-state index in [0.29, 0.717) is 23.2 Å². The van der Waals surface area contributed by atoms with Gasteiger partial charge in [0.1, 0.15) is 0 Å². The Bertz CT molecular complexity index is 845. The van der Waals surface area contributed by atoms with Crippen molar-refractivity contribution in [3.05, 3.63) is 62.7 Å². The molecule has 1 N–H and O–H groups in total. The molecule has 2 atom stereocenters. The van der Waals surface area contributed by atoms with Gasteiger partial charge in [0.05, 0.1) is 18.4 Å². The lowest BCUT2D eigenvalue weighted by atomic mass is 10.0. The van der Waals surface area contributed by atoms with Crippen molar-refractivity contribution in [3.8, 4) is 0 Å². The first kappa shape index (κ1) is 15.9. The summed E-state index contributed by atoms with van der Waals surface area (Å²) in [5.74, 6) is -3.82. The average Bonchev–Trinajstić information content (AvgIpc) is 2.82. The minimum Gasteiger partial charge on any atom is -0.338 e. The Morgan fingerprint density at radius 3 is 2.79 bits per heavy atom. The normalized spacial score (nSPS) is 25.6. The molecule has 4 rings (SSSR count). The van der Waals surface area contributed by atoms with Crippen LogP contribution in [-0.2, 0) is 20.1 Å². The maximum absolute atomic E-state index is 13.5. The van der Waals surface area contributed by atoms with E-state index in [1.165, 1.54) is 6.07 Å². The van der Waals surface area contributed by atoms with Crippen LogP contribution < -0.4 is 5.32 Å². The van der Waals surface area contributed by atoms with Gasteiger partial charge in [-0.15, -0.1) is 0 Å². The second-order valence-electron chi connectivity index (χ2n) is 5.68. The molecule has 2 aromatic carbocycles. The molecule has 2 aliphatic rings. The molecular weight excluding hydrogens is 431 g/mol. The average molecular weight is 443 g/mol. The molecule has 0 radical (unpaired) electrons. The Hall–Kier alpha value is -1.58. The molecule has 0 bridgehead atoms. The van der Waals surface area contributed by atoms with E-state index >= 15 is 0 Å². The van der Waals surface area contributed by atoms with E-state index in [4.69, 9.17) is 9.47 Å². The quantitative estimate of drug-likeness (QED) is 0.682. The van der Waals surface area contributed by atoms with Crippen LogP contribution in [0, 0.1) is 15.2 Å². The molecular formula is C17H12F2INO3. The van der Waals surface area contributed by atoms with Crippen molar-refractivity contribution >= 4 is 34.2 Å². The predicted molar refractivity (Wildman–Crippen MR) is 90.2 cm³/mol. The fraction of sp³-hybridized carbons (Fsp3) is 0.235. The van der Waals surface area contributed by atoms with E-state index in [9.17, 15) is 13.6 Å². The fourth-order valence-corrected chi connectivity index (χ4v) is 3.53. The third-order valence-electron chi connectivity index (χ3n) is 4.19. The number of nitrogens with one attached hydrogen (secondary N) is 1. The topological polar surface area (TPSA) is 47.6 Å². The molecule has 4 nitrogen and oxygen atoms in total. The summed E-state index contributed by atoms with van der Waals surface area (Å²) in [6.45, 7) is 0.266. The van der Waals surface area contributed by atoms with Crippen LogP contribution in [0.1, 0.15) is 23.7 Å². The minimum absolute atomic E-state index is 0.266. The van der Waals surface area contributed by atoms with Gasteiger partial charge in [-0.3, -0.25) is 4.79 Å². The summed E-state index contributed by atoms with van der Waals surface area (Å²) in [5, 5.41) is 2.75. The number of carbonyl (C=O) groups excluding carboxylic acids is 1. The van der Waals surface area contributed by atoms with Gasteiger partial charge in [-0.25, -0.2) is 8.78 Å². The van der Waals surface area contributed by atoms with Gasteiger partial charge >= 0.3 is 0 Å². The molecule has 0 aromatic heterocycles. The number of rotatable bonds is 1. The number of amides is 1. The largest absolute Gasteiger partial charge is 0.338 e. The number of anilines is 1. The highest BCUT2D eigenvalue weighted by atomic mass is 127. The number of carbonyl (C=O) groups is 1. The molecule has 1 amide bonds. The van der Waals surface area contributed by atoms with Crippen LogP contribution in [0.2, 0.25) is 0 Å². The molecule has 124 valence electrons. The predicted octanol–water partition coefficient (Wildman–Crippen LogP) is 3.85. The molecule has 0 saturated carbocycles. The van der Waals surface area contributed by atoms with Crippen molar-refractivity contribution in [2.75, 3.05) is 11.9 Å². The van der Waals surface area contributed by atoms with Crippen molar-refractivity contribution in [1.29, 1.82) is 0 Å². The highest BCUT2D eigenvalue weighted by Gasteiger charge is 2.53. The summed E-state index contributed by atoms with van der Waals surface area (Å²) in [7, 11) is 0. The van der Waals surface area contributed by atoms with Crippen molar-refractivity contribution in [2.45, 2.75) is 18.3 Å². The lowest BCUT2D eigenvalue weighted by Crippen LogP contribution is -2.44. The van der Waals surface area contributed by atoms with E-state index in [2.05, 4.69) is 27.9 Å². The van der Waals surface area contributed by atoms with E-state index < -0.39 is 29.4 Å².